The van der Waals surface area contributed by atoms with Crippen LogP contribution in [-0.2, 0) is 4.79 Å². The van der Waals surface area contributed by atoms with Gasteiger partial charge in [0.25, 0.3) is 0 Å². The van der Waals surface area contributed by atoms with Crippen molar-refractivity contribution in [1.29, 1.82) is 0 Å². The molecule has 1 atom stereocenters. The summed E-state index contributed by atoms with van der Waals surface area (Å²) in [4.78, 5) is 13.1. The van der Waals surface area contributed by atoms with Crippen molar-refractivity contribution in [2.45, 2.75) is 17.1 Å². The molecule has 0 saturated heterocycles. The Morgan fingerprint density at radius 1 is 1.18 bits per heavy atom. The first-order valence-corrected chi connectivity index (χ1v) is 8.28. The van der Waals surface area contributed by atoms with E-state index in [-0.39, 0.29) is 11.2 Å². The molecule has 0 radical (unpaired) electrons. The van der Waals surface area contributed by atoms with Crippen molar-refractivity contribution in [3.8, 4) is 5.75 Å². The number of benzene rings is 2. The molecule has 5 heteroatoms. The minimum atomic E-state index is -0.141. The predicted molar refractivity (Wildman–Crippen MR) is 91.7 cm³/mol. The van der Waals surface area contributed by atoms with Gasteiger partial charge in [-0.3, -0.25) is 4.79 Å². The molecule has 0 aliphatic carbocycles. The van der Waals surface area contributed by atoms with E-state index in [9.17, 15) is 4.79 Å². The van der Waals surface area contributed by atoms with E-state index < -0.39 is 0 Å². The molecule has 1 amide bonds. The van der Waals surface area contributed by atoms with Gasteiger partial charge in [-0.05, 0) is 43.3 Å². The van der Waals surface area contributed by atoms with Crippen LogP contribution in [0.1, 0.15) is 6.92 Å². The number of carbonyl (C=O) groups is 1. The summed E-state index contributed by atoms with van der Waals surface area (Å²) in [6.07, 6.45) is 0. The number of amides is 1. The second-order valence-corrected chi connectivity index (χ2v) is 6.52. The summed E-state index contributed by atoms with van der Waals surface area (Å²) in [5.41, 5.74) is 0. The second-order valence-electron chi connectivity index (χ2n) is 4.67. The monoisotopic (exact) mass is 335 g/mol. The molecular weight excluding hydrogens is 318 g/mol. The molecule has 0 aliphatic heterocycles. The van der Waals surface area contributed by atoms with Gasteiger partial charge in [0.2, 0.25) is 5.91 Å². The highest BCUT2D eigenvalue weighted by Gasteiger charge is 2.13. The topological polar surface area (TPSA) is 38.3 Å². The fraction of sp³-hybridized carbons (Fsp3) is 0.235. The molecule has 0 saturated carbocycles. The Balaban J connectivity index is 1.67. The van der Waals surface area contributed by atoms with Crippen LogP contribution in [-0.4, -0.2) is 24.3 Å². The van der Waals surface area contributed by atoms with Gasteiger partial charge in [0.05, 0.1) is 11.8 Å². The molecule has 0 fully saturated rings. The standard InChI is InChI=1S/C17H18ClNO2S/c1-13(22-16-5-3-2-4-6-16)17(20)19-11-12-21-15-9-7-14(18)8-10-15/h2-10,13H,11-12H2,1H3,(H,19,20)/t13-/m0/s1. The zero-order valence-corrected chi connectivity index (χ0v) is 13.9. The van der Waals surface area contributed by atoms with Gasteiger partial charge >= 0.3 is 0 Å². The molecule has 0 aromatic heterocycles. The smallest absolute Gasteiger partial charge is 0.233 e. The number of hydrogen-bond donors (Lipinski definition) is 1. The summed E-state index contributed by atoms with van der Waals surface area (Å²) in [5.74, 6) is 0.749. The molecule has 22 heavy (non-hydrogen) atoms. The molecule has 0 bridgehead atoms. The molecule has 2 rings (SSSR count). The Morgan fingerprint density at radius 3 is 2.55 bits per heavy atom. The summed E-state index contributed by atoms with van der Waals surface area (Å²) in [6, 6.07) is 17.0. The van der Waals surface area contributed by atoms with Gasteiger partial charge in [0, 0.05) is 9.92 Å². The van der Waals surface area contributed by atoms with Crippen molar-refractivity contribution in [2.24, 2.45) is 0 Å². The van der Waals surface area contributed by atoms with Gasteiger partial charge in [0.15, 0.2) is 0 Å². The van der Waals surface area contributed by atoms with Crippen molar-refractivity contribution >= 4 is 29.3 Å². The largest absolute Gasteiger partial charge is 0.492 e. The van der Waals surface area contributed by atoms with Crippen LogP contribution in [0, 0.1) is 0 Å². The lowest BCUT2D eigenvalue weighted by atomic mass is 10.3. The molecule has 2 aromatic carbocycles. The highest BCUT2D eigenvalue weighted by atomic mass is 35.5. The summed E-state index contributed by atoms with van der Waals surface area (Å²) >= 11 is 7.34. The van der Waals surface area contributed by atoms with E-state index in [1.807, 2.05) is 37.3 Å². The maximum Gasteiger partial charge on any atom is 0.233 e. The molecule has 3 nitrogen and oxygen atoms in total. The van der Waals surface area contributed by atoms with E-state index in [0.29, 0.717) is 18.2 Å². The first-order valence-electron chi connectivity index (χ1n) is 7.03. The van der Waals surface area contributed by atoms with Crippen LogP contribution >= 0.6 is 23.4 Å². The normalized spacial score (nSPS) is 11.7. The minimum Gasteiger partial charge on any atom is -0.492 e. The summed E-state index contributed by atoms with van der Waals surface area (Å²) in [6.45, 7) is 2.80. The SMILES string of the molecule is C[C@H](Sc1ccccc1)C(=O)NCCOc1ccc(Cl)cc1. The van der Waals surface area contributed by atoms with E-state index in [4.69, 9.17) is 16.3 Å². The summed E-state index contributed by atoms with van der Waals surface area (Å²) in [5, 5.41) is 3.41. The molecule has 1 N–H and O–H groups in total. The van der Waals surface area contributed by atoms with Gasteiger partial charge in [-0.15, -0.1) is 11.8 Å². The van der Waals surface area contributed by atoms with E-state index in [1.54, 1.807) is 36.0 Å². The lowest BCUT2D eigenvalue weighted by molar-refractivity contribution is -0.120. The van der Waals surface area contributed by atoms with Crippen molar-refractivity contribution in [1.82, 2.24) is 5.32 Å². The summed E-state index contributed by atoms with van der Waals surface area (Å²) < 4.78 is 5.53. The van der Waals surface area contributed by atoms with Crippen LogP contribution in [0.5, 0.6) is 5.75 Å². The Labute approximate surface area is 140 Å². The number of carbonyl (C=O) groups excluding carboxylic acids is 1. The lowest BCUT2D eigenvalue weighted by Crippen LogP contribution is -2.33. The van der Waals surface area contributed by atoms with Crippen LogP contribution in [0.3, 0.4) is 0 Å². The summed E-state index contributed by atoms with van der Waals surface area (Å²) in [7, 11) is 0. The number of thioether (sulfide) groups is 1. The highest BCUT2D eigenvalue weighted by Crippen LogP contribution is 2.22. The van der Waals surface area contributed by atoms with Gasteiger partial charge in [-0.1, -0.05) is 29.8 Å². The van der Waals surface area contributed by atoms with Crippen molar-refractivity contribution in [2.75, 3.05) is 13.2 Å². The lowest BCUT2D eigenvalue weighted by Gasteiger charge is -2.12. The van der Waals surface area contributed by atoms with Gasteiger partial charge in [-0.2, -0.15) is 0 Å². The molecule has 0 aliphatic rings. The predicted octanol–water partition coefficient (Wildman–Crippen LogP) is 4.02. The first-order chi connectivity index (χ1) is 10.6. The van der Waals surface area contributed by atoms with Crippen LogP contribution in [0.25, 0.3) is 0 Å². The van der Waals surface area contributed by atoms with Crippen molar-refractivity contribution in [3.05, 3.63) is 59.6 Å². The fourth-order valence-corrected chi connectivity index (χ4v) is 2.81. The molecule has 0 spiro atoms. The average Bonchev–Trinajstić information content (AvgIpc) is 2.54. The highest BCUT2D eigenvalue weighted by molar-refractivity contribution is 8.00. The molecule has 0 unspecified atom stereocenters. The molecular formula is C17H18ClNO2S. The second kappa shape index (κ2) is 8.71. The van der Waals surface area contributed by atoms with Crippen LogP contribution in [0.4, 0.5) is 0 Å². The average molecular weight is 336 g/mol. The minimum absolute atomic E-state index is 0.00793. The number of rotatable bonds is 7. The molecule has 0 heterocycles. The Morgan fingerprint density at radius 2 is 1.86 bits per heavy atom. The molecule has 2 aromatic rings. The van der Waals surface area contributed by atoms with Gasteiger partial charge < -0.3 is 10.1 Å². The maximum absolute atomic E-state index is 12.0. The third-order valence-electron chi connectivity index (χ3n) is 2.91. The van der Waals surface area contributed by atoms with E-state index in [1.165, 1.54) is 0 Å². The van der Waals surface area contributed by atoms with Crippen LogP contribution < -0.4 is 10.1 Å². The maximum atomic E-state index is 12.0. The van der Waals surface area contributed by atoms with Crippen molar-refractivity contribution in [3.63, 3.8) is 0 Å². The zero-order chi connectivity index (χ0) is 15.8. The van der Waals surface area contributed by atoms with Gasteiger partial charge in [-0.25, -0.2) is 0 Å². The Bertz CT molecular complexity index is 589. The van der Waals surface area contributed by atoms with E-state index >= 15 is 0 Å². The Hall–Kier alpha value is -1.65. The Kier molecular flexibility index (Phi) is 6.62. The van der Waals surface area contributed by atoms with Crippen molar-refractivity contribution < 1.29 is 9.53 Å². The third kappa shape index (κ3) is 5.62. The van der Waals surface area contributed by atoms with Gasteiger partial charge in [0.1, 0.15) is 12.4 Å². The number of hydrogen-bond acceptors (Lipinski definition) is 3. The zero-order valence-electron chi connectivity index (χ0n) is 12.3. The third-order valence-corrected chi connectivity index (χ3v) is 4.27. The fourth-order valence-electron chi connectivity index (χ4n) is 1.77. The number of halogens is 1. The van der Waals surface area contributed by atoms with E-state index in [0.717, 1.165) is 10.6 Å². The number of ether oxygens (including phenoxy) is 1. The number of nitrogens with one attached hydrogen (secondary N) is 1. The van der Waals surface area contributed by atoms with Crippen LogP contribution in [0.2, 0.25) is 5.02 Å². The first kappa shape index (κ1) is 16.7. The van der Waals surface area contributed by atoms with Crippen LogP contribution in [0.15, 0.2) is 59.5 Å². The molecule has 116 valence electrons. The quantitative estimate of drug-likeness (QED) is 0.613. The van der Waals surface area contributed by atoms with E-state index in [2.05, 4.69) is 5.32 Å².